The highest BCUT2D eigenvalue weighted by atomic mass is 35.5. The first-order valence-corrected chi connectivity index (χ1v) is 9.03. The lowest BCUT2D eigenvalue weighted by molar-refractivity contribution is 0.0342. The van der Waals surface area contributed by atoms with E-state index in [1.165, 1.54) is 5.56 Å². The molecule has 6 heteroatoms. The van der Waals surface area contributed by atoms with E-state index in [2.05, 4.69) is 22.3 Å². The van der Waals surface area contributed by atoms with Crippen molar-refractivity contribution in [3.63, 3.8) is 0 Å². The Bertz CT molecular complexity index is 760. The van der Waals surface area contributed by atoms with E-state index in [9.17, 15) is 4.79 Å². The molecule has 1 aliphatic heterocycles. The fraction of sp³-hybridized carbons (Fsp3) is 0.350. The second-order valence-electron chi connectivity index (χ2n) is 6.24. The van der Waals surface area contributed by atoms with Gasteiger partial charge in [-0.05, 0) is 29.3 Å². The van der Waals surface area contributed by atoms with E-state index in [4.69, 9.17) is 21.1 Å². The van der Waals surface area contributed by atoms with Crippen LogP contribution in [-0.4, -0.2) is 44.2 Å². The standard InChI is InChI=1S/C20H23ClN2O3/c1-25-19-6-5-17(12-18(19)21)20(24)22-13-15-3-2-4-16(11-15)14-23-7-9-26-10-8-23/h2-6,11-12H,7-10,13-14H2,1H3,(H,22,24). The van der Waals surface area contributed by atoms with E-state index in [1.54, 1.807) is 25.3 Å². The van der Waals surface area contributed by atoms with E-state index >= 15 is 0 Å². The van der Waals surface area contributed by atoms with Crippen LogP contribution in [0.3, 0.4) is 0 Å². The number of benzene rings is 2. The Morgan fingerprint density at radius 2 is 1.96 bits per heavy atom. The fourth-order valence-electron chi connectivity index (χ4n) is 2.95. The van der Waals surface area contributed by atoms with Gasteiger partial charge in [0.15, 0.2) is 0 Å². The van der Waals surface area contributed by atoms with Crippen LogP contribution in [0.2, 0.25) is 5.02 Å². The van der Waals surface area contributed by atoms with Gasteiger partial charge < -0.3 is 14.8 Å². The Balaban J connectivity index is 1.57. The van der Waals surface area contributed by atoms with Gasteiger partial charge in [-0.3, -0.25) is 9.69 Å². The summed E-state index contributed by atoms with van der Waals surface area (Å²) >= 11 is 6.09. The predicted octanol–water partition coefficient (Wildman–Crippen LogP) is 3.11. The number of morpholine rings is 1. The van der Waals surface area contributed by atoms with Gasteiger partial charge >= 0.3 is 0 Å². The summed E-state index contributed by atoms with van der Waals surface area (Å²) in [6.45, 7) is 4.87. The molecule has 2 aromatic carbocycles. The second-order valence-corrected chi connectivity index (χ2v) is 6.65. The highest BCUT2D eigenvalue weighted by molar-refractivity contribution is 6.32. The average molecular weight is 375 g/mol. The van der Waals surface area contributed by atoms with Crippen molar-refractivity contribution in [2.75, 3.05) is 33.4 Å². The Labute approximate surface area is 158 Å². The number of nitrogens with zero attached hydrogens (tertiary/aromatic N) is 1. The minimum Gasteiger partial charge on any atom is -0.495 e. The summed E-state index contributed by atoms with van der Waals surface area (Å²) in [6.07, 6.45) is 0. The number of methoxy groups -OCH3 is 1. The molecule has 26 heavy (non-hydrogen) atoms. The number of carbonyl (C=O) groups excluding carboxylic acids is 1. The van der Waals surface area contributed by atoms with Crippen LogP contribution in [0.1, 0.15) is 21.5 Å². The molecule has 0 aliphatic carbocycles. The van der Waals surface area contributed by atoms with Gasteiger partial charge in [0.05, 0.1) is 25.3 Å². The number of nitrogens with one attached hydrogen (secondary N) is 1. The molecule has 0 radical (unpaired) electrons. The molecular weight excluding hydrogens is 352 g/mol. The van der Waals surface area contributed by atoms with Gasteiger partial charge in [-0.2, -0.15) is 0 Å². The van der Waals surface area contributed by atoms with E-state index in [0.29, 0.717) is 22.9 Å². The SMILES string of the molecule is COc1ccc(C(=O)NCc2cccc(CN3CCOCC3)c2)cc1Cl. The molecule has 0 atom stereocenters. The number of halogens is 1. The first-order valence-electron chi connectivity index (χ1n) is 8.65. The number of hydrogen-bond acceptors (Lipinski definition) is 4. The predicted molar refractivity (Wildman–Crippen MR) is 102 cm³/mol. The van der Waals surface area contributed by atoms with E-state index < -0.39 is 0 Å². The summed E-state index contributed by atoms with van der Waals surface area (Å²) in [4.78, 5) is 14.7. The van der Waals surface area contributed by atoms with Crippen molar-refractivity contribution >= 4 is 17.5 Å². The lowest BCUT2D eigenvalue weighted by Gasteiger charge is -2.26. The molecule has 2 aromatic rings. The summed E-state index contributed by atoms with van der Waals surface area (Å²) in [5.41, 5.74) is 2.83. The Kier molecular flexibility index (Phi) is 6.50. The number of rotatable bonds is 6. The maximum atomic E-state index is 12.3. The molecule has 0 saturated carbocycles. The maximum absolute atomic E-state index is 12.3. The topological polar surface area (TPSA) is 50.8 Å². The van der Waals surface area contributed by atoms with Crippen molar-refractivity contribution < 1.29 is 14.3 Å². The number of carbonyl (C=O) groups is 1. The minimum atomic E-state index is -0.159. The van der Waals surface area contributed by atoms with Gasteiger partial charge in [-0.1, -0.05) is 35.9 Å². The van der Waals surface area contributed by atoms with Crippen molar-refractivity contribution in [1.82, 2.24) is 10.2 Å². The molecule has 3 rings (SSSR count). The number of amides is 1. The fourth-order valence-corrected chi connectivity index (χ4v) is 3.21. The van der Waals surface area contributed by atoms with Gasteiger partial charge in [0.2, 0.25) is 0 Å². The molecule has 1 heterocycles. The van der Waals surface area contributed by atoms with Crippen LogP contribution in [0, 0.1) is 0 Å². The molecule has 1 N–H and O–H groups in total. The summed E-state index contributed by atoms with van der Waals surface area (Å²) in [5, 5.41) is 3.36. The average Bonchev–Trinajstić information content (AvgIpc) is 2.67. The highest BCUT2D eigenvalue weighted by Crippen LogP contribution is 2.24. The molecule has 1 saturated heterocycles. The highest BCUT2D eigenvalue weighted by Gasteiger charge is 2.12. The summed E-state index contributed by atoms with van der Waals surface area (Å²) in [5.74, 6) is 0.396. The van der Waals surface area contributed by atoms with Crippen LogP contribution in [0.15, 0.2) is 42.5 Å². The van der Waals surface area contributed by atoms with Crippen LogP contribution in [0.5, 0.6) is 5.75 Å². The molecule has 0 spiro atoms. The lowest BCUT2D eigenvalue weighted by atomic mass is 10.1. The third-order valence-corrected chi connectivity index (χ3v) is 4.66. The molecule has 1 amide bonds. The molecule has 0 aromatic heterocycles. The lowest BCUT2D eigenvalue weighted by Crippen LogP contribution is -2.35. The van der Waals surface area contributed by atoms with E-state index in [-0.39, 0.29) is 5.91 Å². The molecule has 0 bridgehead atoms. The third-order valence-electron chi connectivity index (χ3n) is 4.37. The second kappa shape index (κ2) is 9.03. The Morgan fingerprint density at radius 3 is 2.69 bits per heavy atom. The van der Waals surface area contributed by atoms with Crippen LogP contribution >= 0.6 is 11.6 Å². The zero-order valence-electron chi connectivity index (χ0n) is 14.8. The molecule has 1 aliphatic rings. The smallest absolute Gasteiger partial charge is 0.251 e. The van der Waals surface area contributed by atoms with Gasteiger partial charge in [0.25, 0.3) is 5.91 Å². The maximum Gasteiger partial charge on any atom is 0.251 e. The number of ether oxygens (including phenoxy) is 2. The molecule has 1 fully saturated rings. The summed E-state index contributed by atoms with van der Waals surface area (Å²) in [7, 11) is 1.55. The first kappa shape index (κ1) is 18.7. The zero-order valence-corrected chi connectivity index (χ0v) is 15.6. The van der Waals surface area contributed by atoms with E-state index in [1.807, 2.05) is 12.1 Å². The monoisotopic (exact) mass is 374 g/mol. The van der Waals surface area contributed by atoms with Crippen LogP contribution in [0.4, 0.5) is 0 Å². The summed E-state index contributed by atoms with van der Waals surface area (Å²) in [6, 6.07) is 13.3. The van der Waals surface area contributed by atoms with Crippen molar-refractivity contribution in [2.45, 2.75) is 13.1 Å². The van der Waals surface area contributed by atoms with Gasteiger partial charge in [-0.15, -0.1) is 0 Å². The van der Waals surface area contributed by atoms with Crippen LogP contribution in [-0.2, 0) is 17.8 Å². The van der Waals surface area contributed by atoms with Gasteiger partial charge in [0.1, 0.15) is 5.75 Å². The Hall–Kier alpha value is -2.08. The zero-order chi connectivity index (χ0) is 18.4. The largest absolute Gasteiger partial charge is 0.495 e. The number of hydrogen-bond donors (Lipinski definition) is 1. The summed E-state index contributed by atoms with van der Waals surface area (Å²) < 4.78 is 10.5. The van der Waals surface area contributed by atoms with Gasteiger partial charge in [-0.25, -0.2) is 0 Å². The molecule has 138 valence electrons. The van der Waals surface area contributed by atoms with Crippen molar-refractivity contribution in [3.05, 3.63) is 64.2 Å². The molecule has 5 nitrogen and oxygen atoms in total. The van der Waals surface area contributed by atoms with Gasteiger partial charge in [0, 0.05) is 31.7 Å². The normalized spacial score (nSPS) is 14.8. The quantitative estimate of drug-likeness (QED) is 0.844. The van der Waals surface area contributed by atoms with Crippen molar-refractivity contribution in [3.8, 4) is 5.75 Å². The Morgan fingerprint density at radius 1 is 1.19 bits per heavy atom. The first-order chi connectivity index (χ1) is 12.7. The molecular formula is C20H23ClN2O3. The van der Waals surface area contributed by atoms with Crippen LogP contribution in [0.25, 0.3) is 0 Å². The molecule has 0 unspecified atom stereocenters. The van der Waals surface area contributed by atoms with Crippen molar-refractivity contribution in [2.24, 2.45) is 0 Å². The van der Waals surface area contributed by atoms with Crippen molar-refractivity contribution in [1.29, 1.82) is 0 Å². The third kappa shape index (κ3) is 4.97. The van der Waals surface area contributed by atoms with E-state index in [0.717, 1.165) is 38.4 Å². The van der Waals surface area contributed by atoms with Crippen LogP contribution < -0.4 is 10.1 Å². The minimum absolute atomic E-state index is 0.159.